The van der Waals surface area contributed by atoms with Crippen LogP contribution in [0.5, 0.6) is 0 Å². The van der Waals surface area contributed by atoms with Crippen LogP contribution in [0.25, 0.3) is 0 Å². The van der Waals surface area contributed by atoms with Crippen molar-refractivity contribution >= 4 is 17.6 Å². The van der Waals surface area contributed by atoms with Gasteiger partial charge >= 0.3 is 0 Å². The first-order valence-corrected chi connectivity index (χ1v) is 9.39. The number of piperazine rings is 1. The van der Waals surface area contributed by atoms with Crippen molar-refractivity contribution in [2.75, 3.05) is 32.7 Å². The third-order valence-corrected chi connectivity index (χ3v) is 5.42. The van der Waals surface area contributed by atoms with Gasteiger partial charge in [0.2, 0.25) is 11.8 Å². The second-order valence-electron chi connectivity index (χ2n) is 7.20. The third kappa shape index (κ3) is 4.49. The molecule has 26 heavy (non-hydrogen) atoms. The maximum atomic E-state index is 12.6. The number of ketones is 1. The van der Waals surface area contributed by atoms with Gasteiger partial charge in [-0.15, -0.1) is 0 Å². The number of hydrogen-bond donors (Lipinski definition) is 1. The smallest absolute Gasteiger partial charge is 0.239 e. The van der Waals surface area contributed by atoms with E-state index in [0.717, 1.165) is 6.42 Å². The highest BCUT2D eigenvalue weighted by Gasteiger charge is 2.35. The van der Waals surface area contributed by atoms with Crippen molar-refractivity contribution in [3.63, 3.8) is 0 Å². The molecule has 2 aliphatic rings. The second-order valence-corrected chi connectivity index (χ2v) is 7.20. The number of aryl methyl sites for hydroxylation is 1. The van der Waals surface area contributed by atoms with Crippen LogP contribution in [0.4, 0.5) is 0 Å². The van der Waals surface area contributed by atoms with E-state index in [-0.39, 0.29) is 29.6 Å². The number of carbonyl (C=O) groups excluding carboxylic acids is 3. The summed E-state index contributed by atoms with van der Waals surface area (Å²) in [6.45, 7) is 4.48. The highest BCUT2D eigenvalue weighted by Crippen LogP contribution is 2.18. The molecule has 2 heterocycles. The van der Waals surface area contributed by atoms with Gasteiger partial charge < -0.3 is 15.1 Å². The van der Waals surface area contributed by atoms with E-state index in [0.29, 0.717) is 45.6 Å². The van der Waals surface area contributed by atoms with Gasteiger partial charge in [-0.25, -0.2) is 0 Å². The molecule has 2 saturated heterocycles. The van der Waals surface area contributed by atoms with E-state index in [2.05, 4.69) is 5.32 Å². The largest absolute Gasteiger partial charge is 0.339 e. The average Bonchev–Trinajstić information content (AvgIpc) is 3.17. The fraction of sp³-hybridized carbons (Fsp3) is 0.550. The van der Waals surface area contributed by atoms with E-state index in [1.165, 1.54) is 5.56 Å². The van der Waals surface area contributed by atoms with Gasteiger partial charge in [0.25, 0.3) is 0 Å². The quantitative estimate of drug-likeness (QED) is 0.849. The maximum Gasteiger partial charge on any atom is 0.239 e. The Kier molecular flexibility index (Phi) is 6.04. The minimum absolute atomic E-state index is 0.0511. The summed E-state index contributed by atoms with van der Waals surface area (Å²) in [5.74, 6) is 0.299. The molecule has 2 aliphatic heterocycles. The Balaban J connectivity index is 1.43. The molecule has 0 spiro atoms. The SMILES string of the molecule is CC(=O)C1CNC(C(=O)N2CCN(C(=O)CCc3ccccc3)CC2)C1. The van der Waals surface area contributed by atoms with Crippen LogP contribution in [0.15, 0.2) is 30.3 Å². The first kappa shape index (κ1) is 18.6. The number of carbonyl (C=O) groups is 3. The van der Waals surface area contributed by atoms with Crippen LogP contribution >= 0.6 is 0 Å². The van der Waals surface area contributed by atoms with Crippen molar-refractivity contribution in [2.45, 2.75) is 32.2 Å². The lowest BCUT2D eigenvalue weighted by molar-refractivity contribution is -0.140. The molecular formula is C20H27N3O3. The van der Waals surface area contributed by atoms with Crippen LogP contribution in [0.3, 0.4) is 0 Å². The number of nitrogens with one attached hydrogen (secondary N) is 1. The van der Waals surface area contributed by atoms with Gasteiger partial charge in [0.1, 0.15) is 5.78 Å². The Morgan fingerprint density at radius 1 is 1.04 bits per heavy atom. The van der Waals surface area contributed by atoms with Crippen LogP contribution in [0, 0.1) is 5.92 Å². The Morgan fingerprint density at radius 2 is 1.69 bits per heavy atom. The van der Waals surface area contributed by atoms with Crippen molar-refractivity contribution < 1.29 is 14.4 Å². The molecule has 2 fully saturated rings. The van der Waals surface area contributed by atoms with Crippen molar-refractivity contribution in [3.05, 3.63) is 35.9 Å². The first-order valence-electron chi connectivity index (χ1n) is 9.39. The fourth-order valence-electron chi connectivity index (χ4n) is 3.68. The Bertz CT molecular complexity index is 654. The lowest BCUT2D eigenvalue weighted by Gasteiger charge is -2.36. The average molecular weight is 357 g/mol. The molecule has 0 radical (unpaired) electrons. The standard InChI is InChI=1S/C20H27N3O3/c1-15(24)17-13-18(21-14-17)20(26)23-11-9-22(10-12-23)19(25)8-7-16-5-3-2-4-6-16/h2-6,17-18,21H,7-14H2,1H3. The molecule has 2 atom stereocenters. The van der Waals surface area contributed by atoms with Crippen molar-refractivity contribution in [1.82, 2.24) is 15.1 Å². The van der Waals surface area contributed by atoms with Crippen LogP contribution in [-0.2, 0) is 20.8 Å². The molecule has 0 bridgehead atoms. The first-order chi connectivity index (χ1) is 12.5. The molecule has 6 heteroatoms. The van der Waals surface area contributed by atoms with Crippen LogP contribution < -0.4 is 5.32 Å². The fourth-order valence-corrected chi connectivity index (χ4v) is 3.68. The van der Waals surface area contributed by atoms with Crippen LogP contribution in [0.1, 0.15) is 25.3 Å². The van der Waals surface area contributed by atoms with Gasteiger partial charge in [-0.05, 0) is 25.3 Å². The zero-order valence-electron chi connectivity index (χ0n) is 15.3. The number of hydrogen-bond acceptors (Lipinski definition) is 4. The Labute approximate surface area is 154 Å². The molecule has 6 nitrogen and oxygen atoms in total. The Morgan fingerprint density at radius 3 is 2.31 bits per heavy atom. The second kappa shape index (κ2) is 8.45. The summed E-state index contributed by atoms with van der Waals surface area (Å²) in [5.41, 5.74) is 1.17. The maximum absolute atomic E-state index is 12.6. The van der Waals surface area contributed by atoms with Crippen LogP contribution in [0.2, 0.25) is 0 Å². The minimum atomic E-state index is -0.260. The third-order valence-electron chi connectivity index (χ3n) is 5.42. The highest BCUT2D eigenvalue weighted by atomic mass is 16.2. The minimum Gasteiger partial charge on any atom is -0.339 e. The summed E-state index contributed by atoms with van der Waals surface area (Å²) >= 11 is 0. The number of rotatable bonds is 5. The van der Waals surface area contributed by atoms with Gasteiger partial charge in [-0.1, -0.05) is 30.3 Å². The zero-order chi connectivity index (χ0) is 18.5. The molecule has 3 rings (SSSR count). The van der Waals surface area contributed by atoms with E-state index in [9.17, 15) is 14.4 Å². The van der Waals surface area contributed by atoms with E-state index >= 15 is 0 Å². The van der Waals surface area contributed by atoms with Gasteiger partial charge in [0, 0.05) is 45.1 Å². The van der Waals surface area contributed by atoms with Crippen molar-refractivity contribution in [2.24, 2.45) is 5.92 Å². The number of nitrogens with zero attached hydrogens (tertiary/aromatic N) is 2. The molecule has 2 unspecified atom stereocenters. The molecule has 1 aromatic carbocycles. The van der Waals surface area contributed by atoms with Gasteiger partial charge in [0.05, 0.1) is 6.04 Å². The van der Waals surface area contributed by atoms with Crippen LogP contribution in [-0.4, -0.2) is 66.2 Å². The lowest BCUT2D eigenvalue weighted by Crippen LogP contribution is -2.54. The summed E-state index contributed by atoms with van der Waals surface area (Å²) in [5, 5.41) is 3.16. The lowest BCUT2D eigenvalue weighted by atomic mass is 10.0. The molecule has 140 valence electrons. The van der Waals surface area contributed by atoms with Gasteiger partial charge in [-0.2, -0.15) is 0 Å². The summed E-state index contributed by atoms with van der Waals surface area (Å²) < 4.78 is 0. The number of Topliss-reactive ketones (excluding diaryl/α,β-unsaturated/α-hetero) is 1. The molecule has 1 N–H and O–H groups in total. The summed E-state index contributed by atoms with van der Waals surface area (Å²) in [7, 11) is 0. The zero-order valence-corrected chi connectivity index (χ0v) is 15.3. The number of benzene rings is 1. The molecule has 0 aliphatic carbocycles. The van der Waals surface area contributed by atoms with E-state index in [4.69, 9.17) is 0 Å². The topological polar surface area (TPSA) is 69.7 Å². The van der Waals surface area contributed by atoms with E-state index < -0.39 is 0 Å². The van der Waals surface area contributed by atoms with Crippen molar-refractivity contribution in [1.29, 1.82) is 0 Å². The van der Waals surface area contributed by atoms with E-state index in [1.807, 2.05) is 40.1 Å². The number of amides is 2. The summed E-state index contributed by atoms with van der Waals surface area (Å²) in [6.07, 6.45) is 1.84. The monoisotopic (exact) mass is 357 g/mol. The molecule has 2 amide bonds. The molecule has 1 aromatic rings. The normalized spacial score (nSPS) is 23.1. The summed E-state index contributed by atoms with van der Waals surface area (Å²) in [4.78, 5) is 40.1. The Hall–Kier alpha value is -2.21. The van der Waals surface area contributed by atoms with Gasteiger partial charge in [0.15, 0.2) is 0 Å². The molecule has 0 aromatic heterocycles. The molecule has 0 saturated carbocycles. The molecular weight excluding hydrogens is 330 g/mol. The predicted molar refractivity (Wildman–Crippen MR) is 98.5 cm³/mol. The summed E-state index contributed by atoms with van der Waals surface area (Å²) in [6, 6.07) is 9.75. The predicted octanol–water partition coefficient (Wildman–Crippen LogP) is 0.857. The van der Waals surface area contributed by atoms with E-state index in [1.54, 1.807) is 6.92 Å². The highest BCUT2D eigenvalue weighted by molar-refractivity contribution is 5.86. The van der Waals surface area contributed by atoms with Gasteiger partial charge in [-0.3, -0.25) is 14.4 Å². The van der Waals surface area contributed by atoms with Crippen molar-refractivity contribution in [3.8, 4) is 0 Å².